The van der Waals surface area contributed by atoms with E-state index < -0.39 is 0 Å². The predicted octanol–water partition coefficient (Wildman–Crippen LogP) is 3.73. The summed E-state index contributed by atoms with van der Waals surface area (Å²) < 4.78 is 6.80. The van der Waals surface area contributed by atoms with E-state index in [1.807, 2.05) is 19.1 Å². The average Bonchev–Trinajstić information content (AvgIpc) is 3.28. The zero-order chi connectivity index (χ0) is 24.1. The zero-order valence-corrected chi connectivity index (χ0v) is 20.6. The van der Waals surface area contributed by atoms with Crippen LogP contribution in [0.5, 0.6) is 0 Å². The first-order valence-electron chi connectivity index (χ1n) is 11.0. The van der Waals surface area contributed by atoms with Crippen molar-refractivity contribution in [1.29, 1.82) is 0 Å². The van der Waals surface area contributed by atoms with Crippen LogP contribution in [0.25, 0.3) is 5.69 Å². The van der Waals surface area contributed by atoms with Gasteiger partial charge in [0.05, 0.1) is 23.9 Å². The number of likely N-dealkylation sites (tertiary alicyclic amines) is 1. The van der Waals surface area contributed by atoms with E-state index in [1.54, 1.807) is 41.0 Å². The van der Waals surface area contributed by atoms with Crippen molar-refractivity contribution in [2.75, 3.05) is 19.7 Å². The first-order valence-corrected chi connectivity index (χ1v) is 12.4. The Kier molecular flexibility index (Phi) is 7.79. The molecule has 3 aromatic rings. The van der Waals surface area contributed by atoms with Crippen LogP contribution in [0.2, 0.25) is 5.02 Å². The molecule has 0 saturated carbocycles. The van der Waals surface area contributed by atoms with E-state index in [0.29, 0.717) is 53.4 Å². The number of aryl methyl sites for hydroxylation is 1. The Morgan fingerprint density at radius 2 is 2.06 bits per heavy atom. The number of halogens is 1. The summed E-state index contributed by atoms with van der Waals surface area (Å²) in [5, 5.41) is 9.71. The van der Waals surface area contributed by atoms with E-state index in [-0.39, 0.29) is 23.5 Å². The second-order valence-electron chi connectivity index (χ2n) is 7.89. The number of amides is 1. The summed E-state index contributed by atoms with van der Waals surface area (Å²) in [6, 6.07) is 7.32. The molecule has 9 nitrogen and oxygen atoms in total. The lowest BCUT2D eigenvalue weighted by Gasteiger charge is -2.31. The molecule has 1 saturated heterocycles. The van der Waals surface area contributed by atoms with E-state index in [2.05, 4.69) is 20.3 Å². The lowest BCUT2D eigenvalue weighted by molar-refractivity contribution is -0.149. The molecule has 1 amide bonds. The van der Waals surface area contributed by atoms with Gasteiger partial charge in [0.25, 0.3) is 5.91 Å². The van der Waals surface area contributed by atoms with Crippen LogP contribution in [-0.4, -0.2) is 61.4 Å². The maximum Gasteiger partial charge on any atom is 0.310 e. The van der Waals surface area contributed by atoms with Crippen molar-refractivity contribution in [3.05, 3.63) is 58.6 Å². The molecule has 1 atom stereocenters. The second kappa shape index (κ2) is 11.0. The molecule has 1 aromatic carbocycles. The van der Waals surface area contributed by atoms with Crippen molar-refractivity contribution >= 4 is 35.2 Å². The largest absolute Gasteiger partial charge is 0.466 e. The minimum Gasteiger partial charge on any atom is -0.466 e. The van der Waals surface area contributed by atoms with Crippen molar-refractivity contribution in [3.8, 4) is 5.69 Å². The molecule has 0 aliphatic carbocycles. The molecule has 1 aliphatic rings. The standard InChI is InChI=1S/C23H25ClN6O3S/c1-3-33-22(32)16-6-4-11-29(13-16)21(31)20-19(14-34-23-25-9-5-10-26-23)30(28-27-20)17-8-7-15(2)18(24)12-17/h5,7-10,12,16H,3-4,6,11,13-14H2,1-2H3. The molecular formula is C23H25ClN6O3S. The van der Waals surface area contributed by atoms with Gasteiger partial charge < -0.3 is 9.64 Å². The third kappa shape index (κ3) is 5.39. The molecule has 0 radical (unpaired) electrons. The number of ether oxygens (including phenoxy) is 1. The smallest absolute Gasteiger partial charge is 0.310 e. The number of aromatic nitrogens is 5. The van der Waals surface area contributed by atoms with Crippen molar-refractivity contribution in [2.24, 2.45) is 5.92 Å². The highest BCUT2D eigenvalue weighted by atomic mass is 35.5. The zero-order valence-electron chi connectivity index (χ0n) is 19.0. The number of carbonyl (C=O) groups is 2. The van der Waals surface area contributed by atoms with Gasteiger partial charge in [-0.2, -0.15) is 0 Å². The van der Waals surface area contributed by atoms with Crippen LogP contribution in [0, 0.1) is 12.8 Å². The quantitative estimate of drug-likeness (QED) is 0.274. The Labute approximate surface area is 206 Å². The molecule has 11 heteroatoms. The molecule has 1 aliphatic heterocycles. The fourth-order valence-corrected chi connectivity index (χ4v) is 4.75. The van der Waals surface area contributed by atoms with Crippen molar-refractivity contribution in [2.45, 2.75) is 37.6 Å². The van der Waals surface area contributed by atoms with E-state index in [1.165, 1.54) is 11.8 Å². The number of esters is 1. The van der Waals surface area contributed by atoms with E-state index in [0.717, 1.165) is 12.0 Å². The Morgan fingerprint density at radius 1 is 1.26 bits per heavy atom. The predicted molar refractivity (Wildman–Crippen MR) is 128 cm³/mol. The van der Waals surface area contributed by atoms with Crippen LogP contribution >= 0.6 is 23.4 Å². The Hall–Kier alpha value is -2.98. The maximum atomic E-state index is 13.5. The van der Waals surface area contributed by atoms with Crippen molar-refractivity contribution in [1.82, 2.24) is 29.9 Å². The normalized spacial score (nSPS) is 15.9. The number of piperidine rings is 1. The van der Waals surface area contributed by atoms with E-state index >= 15 is 0 Å². The highest BCUT2D eigenvalue weighted by Crippen LogP contribution is 2.27. The Bertz CT molecular complexity index is 1170. The second-order valence-corrected chi connectivity index (χ2v) is 9.24. The van der Waals surface area contributed by atoms with Crippen LogP contribution in [0.1, 0.15) is 41.5 Å². The highest BCUT2D eigenvalue weighted by Gasteiger charge is 2.32. The SMILES string of the molecule is CCOC(=O)C1CCCN(C(=O)c2nnn(-c3ccc(C)c(Cl)c3)c2CSc2ncccn2)C1. The van der Waals surface area contributed by atoms with Gasteiger partial charge in [-0.15, -0.1) is 5.10 Å². The molecule has 0 spiro atoms. The van der Waals surface area contributed by atoms with Gasteiger partial charge in [-0.1, -0.05) is 34.6 Å². The van der Waals surface area contributed by atoms with Gasteiger partial charge in [0.2, 0.25) is 0 Å². The van der Waals surface area contributed by atoms with Crippen molar-refractivity contribution < 1.29 is 14.3 Å². The third-order valence-corrected chi connectivity index (χ3v) is 6.87. The minimum atomic E-state index is -0.334. The lowest BCUT2D eigenvalue weighted by Crippen LogP contribution is -2.43. The van der Waals surface area contributed by atoms with E-state index in [4.69, 9.17) is 16.3 Å². The summed E-state index contributed by atoms with van der Waals surface area (Å²) >= 11 is 7.73. The van der Waals surface area contributed by atoms with Gasteiger partial charge in [0.1, 0.15) is 0 Å². The first kappa shape index (κ1) is 24.2. The van der Waals surface area contributed by atoms with Gasteiger partial charge in [0.15, 0.2) is 10.9 Å². The molecule has 0 N–H and O–H groups in total. The van der Waals surface area contributed by atoms with E-state index in [9.17, 15) is 9.59 Å². The number of thioether (sulfide) groups is 1. The van der Waals surface area contributed by atoms with Crippen LogP contribution in [-0.2, 0) is 15.3 Å². The Balaban J connectivity index is 1.64. The van der Waals surface area contributed by atoms with Gasteiger partial charge in [0, 0.05) is 36.3 Å². The average molecular weight is 501 g/mol. The van der Waals surface area contributed by atoms with Crippen molar-refractivity contribution in [3.63, 3.8) is 0 Å². The molecular weight excluding hydrogens is 476 g/mol. The summed E-state index contributed by atoms with van der Waals surface area (Å²) in [6.45, 7) is 4.86. The molecule has 178 valence electrons. The van der Waals surface area contributed by atoms with Gasteiger partial charge in [-0.3, -0.25) is 9.59 Å². The van der Waals surface area contributed by atoms with Crippen LogP contribution in [0.4, 0.5) is 0 Å². The maximum absolute atomic E-state index is 13.5. The third-order valence-electron chi connectivity index (χ3n) is 5.57. The van der Waals surface area contributed by atoms with Crippen LogP contribution in [0.3, 0.4) is 0 Å². The lowest BCUT2D eigenvalue weighted by atomic mass is 9.98. The first-order chi connectivity index (χ1) is 16.5. The fraction of sp³-hybridized carbons (Fsp3) is 0.391. The highest BCUT2D eigenvalue weighted by molar-refractivity contribution is 7.98. The fourth-order valence-electron chi connectivity index (χ4n) is 3.77. The summed E-state index contributed by atoms with van der Waals surface area (Å²) in [7, 11) is 0. The number of hydrogen-bond donors (Lipinski definition) is 0. The summed E-state index contributed by atoms with van der Waals surface area (Å²) in [5.41, 5.74) is 2.49. The Morgan fingerprint density at radius 3 is 2.79 bits per heavy atom. The number of carbonyl (C=O) groups excluding carboxylic acids is 2. The molecule has 34 heavy (non-hydrogen) atoms. The van der Waals surface area contributed by atoms with Gasteiger partial charge >= 0.3 is 5.97 Å². The number of nitrogens with zero attached hydrogens (tertiary/aromatic N) is 6. The number of rotatable bonds is 7. The van der Waals surface area contributed by atoms with Gasteiger partial charge in [-0.25, -0.2) is 14.6 Å². The summed E-state index contributed by atoms with van der Waals surface area (Å²) in [6.07, 6.45) is 4.75. The molecule has 0 bridgehead atoms. The van der Waals surface area contributed by atoms with Crippen LogP contribution < -0.4 is 0 Å². The van der Waals surface area contributed by atoms with Crippen LogP contribution in [0.15, 0.2) is 41.8 Å². The number of hydrogen-bond acceptors (Lipinski definition) is 8. The summed E-state index contributed by atoms with van der Waals surface area (Å²) in [5.74, 6) is -0.490. The molecule has 4 rings (SSSR count). The monoisotopic (exact) mass is 500 g/mol. The number of benzene rings is 1. The van der Waals surface area contributed by atoms with Gasteiger partial charge in [-0.05, 0) is 50.5 Å². The molecule has 2 aromatic heterocycles. The molecule has 1 fully saturated rings. The summed E-state index contributed by atoms with van der Waals surface area (Å²) in [4.78, 5) is 35.9. The minimum absolute atomic E-state index is 0.240. The topological polar surface area (TPSA) is 103 Å². The molecule has 1 unspecified atom stereocenters. The molecule has 3 heterocycles.